The molecule has 0 aliphatic carbocycles. The number of aromatic hydroxyl groups is 1. The van der Waals surface area contributed by atoms with Gasteiger partial charge < -0.3 is 9.84 Å². The normalized spacial score (nSPS) is 11.1. The molecule has 5 heteroatoms. The first kappa shape index (κ1) is 21.3. The summed E-state index contributed by atoms with van der Waals surface area (Å²) in [5.41, 5.74) is 1.99. The molecule has 2 N–H and O–H groups in total. The lowest BCUT2D eigenvalue weighted by molar-refractivity contribution is 0.0597. The molecule has 0 amide bonds. The first-order valence-corrected chi connectivity index (χ1v) is 8.71. The van der Waals surface area contributed by atoms with Crippen LogP contribution in [0.5, 0.6) is 5.75 Å². The molecule has 0 heterocycles. The number of phenolic OH excluding ortho intramolecular Hbond substituents is 1. The van der Waals surface area contributed by atoms with Gasteiger partial charge in [-0.2, -0.15) is 0 Å². The Hall–Kier alpha value is -3.00. The second-order valence-corrected chi connectivity index (χ2v) is 6.20. The van der Waals surface area contributed by atoms with Gasteiger partial charge in [0.1, 0.15) is 11.3 Å². The van der Waals surface area contributed by atoms with Crippen molar-refractivity contribution in [2.75, 3.05) is 13.7 Å². The number of ether oxygens (including phenoxy) is 1. The van der Waals surface area contributed by atoms with E-state index in [1.165, 1.54) is 35.6 Å². The summed E-state index contributed by atoms with van der Waals surface area (Å²) in [5.74, 6) is 5.36. The quantitative estimate of drug-likeness (QED) is 0.506. The van der Waals surface area contributed by atoms with E-state index in [0.29, 0.717) is 12.1 Å². The van der Waals surface area contributed by atoms with E-state index in [1.54, 1.807) is 6.07 Å². The monoisotopic (exact) mass is 395 g/mol. The van der Waals surface area contributed by atoms with Gasteiger partial charge in [0.25, 0.3) is 0 Å². The third-order valence-corrected chi connectivity index (χ3v) is 4.42. The van der Waals surface area contributed by atoms with Gasteiger partial charge in [0.2, 0.25) is 0 Å². The van der Waals surface area contributed by atoms with Crippen LogP contribution in [0.25, 0.3) is 10.8 Å². The summed E-state index contributed by atoms with van der Waals surface area (Å²) in [6.07, 6.45) is 0. The Morgan fingerprint density at radius 2 is 1.89 bits per heavy atom. The second kappa shape index (κ2) is 9.80. The summed E-state index contributed by atoms with van der Waals surface area (Å²) >= 11 is 0. The van der Waals surface area contributed by atoms with Gasteiger partial charge >= 0.3 is 5.97 Å². The largest absolute Gasteiger partial charge is 0.507 e. The Bertz CT molecular complexity index is 1030. The molecular weight excluding hydrogens is 374 g/mol. The molecular formula is C23H22ClNO3. The molecule has 0 aromatic heterocycles. The first-order valence-electron chi connectivity index (χ1n) is 8.71. The predicted octanol–water partition coefficient (Wildman–Crippen LogP) is 4.46. The van der Waals surface area contributed by atoms with Gasteiger partial charge in [0, 0.05) is 11.6 Å². The number of carbonyl (C=O) groups is 1. The maximum atomic E-state index is 11.6. The number of rotatable bonds is 4. The van der Waals surface area contributed by atoms with E-state index in [-0.39, 0.29) is 29.8 Å². The second-order valence-electron chi connectivity index (χ2n) is 6.20. The molecule has 0 saturated heterocycles. The number of phenols is 1. The van der Waals surface area contributed by atoms with Gasteiger partial charge in [-0.3, -0.25) is 5.32 Å². The van der Waals surface area contributed by atoms with E-state index in [1.807, 2.05) is 12.1 Å². The zero-order valence-corrected chi connectivity index (χ0v) is 16.5. The lowest BCUT2D eigenvalue weighted by Gasteiger charge is -2.15. The van der Waals surface area contributed by atoms with Crippen LogP contribution in [0.4, 0.5) is 0 Å². The van der Waals surface area contributed by atoms with Crippen molar-refractivity contribution in [2.24, 2.45) is 0 Å². The number of halogens is 1. The maximum Gasteiger partial charge on any atom is 0.341 e. The molecule has 28 heavy (non-hydrogen) atoms. The van der Waals surface area contributed by atoms with Gasteiger partial charge in [-0.15, -0.1) is 12.4 Å². The summed E-state index contributed by atoms with van der Waals surface area (Å²) in [7, 11) is 1.28. The number of esters is 1. The highest BCUT2D eigenvalue weighted by Gasteiger charge is 2.11. The highest BCUT2D eigenvalue weighted by atomic mass is 35.5. The predicted molar refractivity (Wildman–Crippen MR) is 114 cm³/mol. The van der Waals surface area contributed by atoms with Crippen LogP contribution >= 0.6 is 12.4 Å². The van der Waals surface area contributed by atoms with Crippen LogP contribution in [0.2, 0.25) is 0 Å². The lowest BCUT2D eigenvalue weighted by Crippen LogP contribution is -2.19. The topological polar surface area (TPSA) is 58.6 Å². The molecule has 0 bridgehead atoms. The molecule has 3 aromatic carbocycles. The van der Waals surface area contributed by atoms with Crippen LogP contribution in [0.1, 0.15) is 34.5 Å². The molecule has 1 atom stereocenters. The molecule has 0 aliphatic heterocycles. The van der Waals surface area contributed by atoms with Crippen molar-refractivity contribution in [1.29, 1.82) is 0 Å². The van der Waals surface area contributed by atoms with E-state index >= 15 is 0 Å². The summed E-state index contributed by atoms with van der Waals surface area (Å²) in [4.78, 5) is 11.6. The molecule has 0 spiro atoms. The first-order chi connectivity index (χ1) is 13.1. The summed E-state index contributed by atoms with van der Waals surface area (Å²) in [5, 5.41) is 15.6. The Morgan fingerprint density at radius 1 is 1.14 bits per heavy atom. The summed E-state index contributed by atoms with van der Waals surface area (Å²) < 4.78 is 4.65. The number of fused-ring (bicyclic) bond motifs is 1. The van der Waals surface area contributed by atoms with E-state index < -0.39 is 5.97 Å². The smallest absolute Gasteiger partial charge is 0.341 e. The van der Waals surface area contributed by atoms with Crippen LogP contribution in [0, 0.1) is 11.8 Å². The number of methoxy groups -OCH3 is 1. The van der Waals surface area contributed by atoms with E-state index in [9.17, 15) is 9.90 Å². The molecule has 3 aromatic rings. The number of carbonyl (C=O) groups excluding carboxylic acids is 1. The summed E-state index contributed by atoms with van der Waals surface area (Å²) in [6, 6.07) is 19.4. The number of hydrogen-bond donors (Lipinski definition) is 2. The van der Waals surface area contributed by atoms with Crippen molar-refractivity contribution in [3.63, 3.8) is 0 Å². The van der Waals surface area contributed by atoms with Gasteiger partial charge in [0.15, 0.2) is 0 Å². The molecule has 0 saturated carbocycles. The van der Waals surface area contributed by atoms with Crippen LogP contribution in [-0.2, 0) is 4.74 Å². The standard InChI is InChI=1S/C23H21NO3.ClH/c1-16(19-11-5-9-18-8-3-4-10-20(18)19)24-14-6-7-17-12-13-22(25)21(15-17)23(26)27-2;/h3-5,8-13,15-16,24-25H,14H2,1-2H3;1H/t16-;/m1./s1. The molecule has 0 radical (unpaired) electrons. The Balaban J connectivity index is 0.00000280. The van der Waals surface area contributed by atoms with Crippen molar-refractivity contribution in [3.05, 3.63) is 77.4 Å². The van der Waals surface area contributed by atoms with Crippen LogP contribution in [0.15, 0.2) is 60.7 Å². The molecule has 0 fully saturated rings. The van der Waals surface area contributed by atoms with Crippen molar-refractivity contribution in [1.82, 2.24) is 5.32 Å². The van der Waals surface area contributed by atoms with Crippen LogP contribution in [-0.4, -0.2) is 24.7 Å². The zero-order chi connectivity index (χ0) is 19.2. The third kappa shape index (κ3) is 4.83. The maximum absolute atomic E-state index is 11.6. The van der Waals surface area contributed by atoms with Gasteiger partial charge in [-0.25, -0.2) is 4.79 Å². The Labute approximate surface area is 170 Å². The number of benzene rings is 3. The van der Waals surface area contributed by atoms with E-state index in [4.69, 9.17) is 0 Å². The van der Waals surface area contributed by atoms with E-state index in [2.05, 4.69) is 59.2 Å². The highest BCUT2D eigenvalue weighted by Crippen LogP contribution is 2.24. The average Bonchev–Trinajstić information content (AvgIpc) is 2.71. The summed E-state index contributed by atoms with van der Waals surface area (Å²) in [6.45, 7) is 2.61. The molecule has 3 rings (SSSR count). The fourth-order valence-corrected chi connectivity index (χ4v) is 2.98. The SMILES string of the molecule is COC(=O)c1cc(C#CCN[C@H](C)c2cccc3ccccc23)ccc1O.Cl. The van der Waals surface area contributed by atoms with E-state index in [0.717, 1.165) is 0 Å². The van der Waals surface area contributed by atoms with Crippen LogP contribution < -0.4 is 5.32 Å². The zero-order valence-electron chi connectivity index (χ0n) is 15.7. The van der Waals surface area contributed by atoms with Crippen molar-refractivity contribution in [2.45, 2.75) is 13.0 Å². The average molecular weight is 396 g/mol. The van der Waals surface area contributed by atoms with Crippen molar-refractivity contribution < 1.29 is 14.6 Å². The number of hydrogen-bond acceptors (Lipinski definition) is 4. The molecule has 0 aliphatic rings. The van der Waals surface area contributed by atoms with Gasteiger partial charge in [-0.05, 0) is 41.5 Å². The Morgan fingerprint density at radius 3 is 2.68 bits per heavy atom. The van der Waals surface area contributed by atoms with Gasteiger partial charge in [0.05, 0.1) is 13.7 Å². The van der Waals surface area contributed by atoms with Crippen molar-refractivity contribution >= 4 is 29.1 Å². The minimum absolute atomic E-state index is 0. The molecule has 144 valence electrons. The molecule has 4 nitrogen and oxygen atoms in total. The fourth-order valence-electron chi connectivity index (χ4n) is 2.98. The Kier molecular flexibility index (Phi) is 7.45. The molecule has 0 unspecified atom stereocenters. The van der Waals surface area contributed by atoms with Crippen LogP contribution in [0.3, 0.4) is 0 Å². The minimum Gasteiger partial charge on any atom is -0.507 e. The third-order valence-electron chi connectivity index (χ3n) is 4.42. The highest BCUT2D eigenvalue weighted by molar-refractivity contribution is 5.92. The fraction of sp³-hybridized carbons (Fsp3) is 0.174. The number of nitrogens with one attached hydrogen (secondary N) is 1. The van der Waals surface area contributed by atoms with Crippen molar-refractivity contribution in [3.8, 4) is 17.6 Å². The van der Waals surface area contributed by atoms with Gasteiger partial charge in [-0.1, -0.05) is 54.3 Å². The lowest BCUT2D eigenvalue weighted by atomic mass is 10.00. The minimum atomic E-state index is -0.584.